The van der Waals surface area contributed by atoms with Crippen LogP contribution in [0.5, 0.6) is 11.5 Å². The molecule has 2 amide bonds. The highest BCUT2D eigenvalue weighted by Gasteiger charge is 2.38. The van der Waals surface area contributed by atoms with Crippen molar-refractivity contribution in [3.8, 4) is 22.1 Å². The Morgan fingerprint density at radius 2 is 1.90 bits per heavy atom. The second kappa shape index (κ2) is 7.62. The highest BCUT2D eigenvalue weighted by molar-refractivity contribution is 7.18. The molecular weight excluding hydrogens is 392 g/mol. The Morgan fingerprint density at radius 1 is 1.07 bits per heavy atom. The zero-order valence-corrected chi connectivity index (χ0v) is 16.7. The smallest absolute Gasteiger partial charge is 0.249 e. The van der Waals surface area contributed by atoms with E-state index in [0.717, 1.165) is 37.7 Å². The van der Waals surface area contributed by atoms with Crippen LogP contribution in [-0.2, 0) is 9.59 Å². The van der Waals surface area contributed by atoms with Crippen LogP contribution in [-0.4, -0.2) is 46.3 Å². The number of hydrogen-bond donors (Lipinski definition) is 1. The van der Waals surface area contributed by atoms with Crippen LogP contribution in [0.1, 0.15) is 38.5 Å². The van der Waals surface area contributed by atoms with E-state index in [-0.39, 0.29) is 24.5 Å². The van der Waals surface area contributed by atoms with Gasteiger partial charge in [-0.1, -0.05) is 24.2 Å². The standard InChI is InChI=1S/C20H22N4O4S/c25-17(14-6-3-9-24(14)19(26)12-4-1-2-5-12)21-20-23-22-18(29-20)13-7-8-15-16(10-13)28-11-27-15/h7-8,10,12,14H,1-6,9,11H2,(H,21,23,25). The number of rotatable bonds is 4. The Labute approximate surface area is 172 Å². The quantitative estimate of drug-likeness (QED) is 0.826. The fourth-order valence-corrected chi connectivity index (χ4v) is 5.06. The van der Waals surface area contributed by atoms with Crippen LogP contribution in [0.15, 0.2) is 18.2 Å². The Hall–Kier alpha value is -2.68. The number of benzene rings is 1. The number of fused-ring (bicyclic) bond motifs is 1. The number of amides is 2. The lowest BCUT2D eigenvalue weighted by Crippen LogP contribution is -2.45. The number of carbonyl (C=O) groups is 2. The molecule has 1 saturated carbocycles. The fourth-order valence-electron chi connectivity index (χ4n) is 4.32. The molecule has 1 saturated heterocycles. The summed E-state index contributed by atoms with van der Waals surface area (Å²) in [5, 5.41) is 12.3. The van der Waals surface area contributed by atoms with E-state index in [1.165, 1.54) is 11.3 Å². The zero-order valence-electron chi connectivity index (χ0n) is 15.9. The second-order valence-electron chi connectivity index (χ2n) is 7.64. The van der Waals surface area contributed by atoms with Gasteiger partial charge in [0.05, 0.1) is 0 Å². The van der Waals surface area contributed by atoms with Crippen LogP contribution < -0.4 is 14.8 Å². The maximum absolute atomic E-state index is 12.8. The average molecular weight is 414 g/mol. The molecule has 1 N–H and O–H groups in total. The molecule has 0 bridgehead atoms. The lowest BCUT2D eigenvalue weighted by Gasteiger charge is -2.26. The van der Waals surface area contributed by atoms with Gasteiger partial charge >= 0.3 is 0 Å². The molecule has 1 aliphatic carbocycles. The fraction of sp³-hybridized carbons (Fsp3) is 0.500. The predicted octanol–water partition coefficient (Wildman–Crippen LogP) is 3.05. The Bertz CT molecular complexity index is 940. The average Bonchev–Trinajstić information content (AvgIpc) is 3.54. The Kier molecular flexibility index (Phi) is 4.83. The summed E-state index contributed by atoms with van der Waals surface area (Å²) in [5.74, 6) is 1.43. The number of aromatic nitrogens is 2. The molecule has 8 nitrogen and oxygen atoms in total. The summed E-state index contributed by atoms with van der Waals surface area (Å²) in [6, 6.07) is 5.16. The molecule has 0 radical (unpaired) electrons. The summed E-state index contributed by atoms with van der Waals surface area (Å²) in [6.45, 7) is 0.875. The van der Waals surface area contributed by atoms with E-state index in [4.69, 9.17) is 9.47 Å². The summed E-state index contributed by atoms with van der Waals surface area (Å²) >= 11 is 1.30. The van der Waals surface area contributed by atoms with Gasteiger partial charge in [0.2, 0.25) is 23.7 Å². The normalized spacial score (nSPS) is 21.0. The van der Waals surface area contributed by atoms with Crippen molar-refractivity contribution >= 4 is 28.3 Å². The van der Waals surface area contributed by atoms with E-state index in [1.807, 2.05) is 18.2 Å². The maximum Gasteiger partial charge on any atom is 0.249 e. The highest BCUT2D eigenvalue weighted by Crippen LogP contribution is 2.37. The molecule has 2 aliphatic heterocycles. The van der Waals surface area contributed by atoms with Gasteiger partial charge in [0, 0.05) is 18.0 Å². The van der Waals surface area contributed by atoms with E-state index in [1.54, 1.807) is 4.90 Å². The molecular formula is C20H22N4O4S. The minimum absolute atomic E-state index is 0.0857. The van der Waals surface area contributed by atoms with E-state index >= 15 is 0 Å². The van der Waals surface area contributed by atoms with Gasteiger partial charge in [-0.05, 0) is 43.9 Å². The predicted molar refractivity (Wildman–Crippen MR) is 107 cm³/mol. The molecule has 29 heavy (non-hydrogen) atoms. The van der Waals surface area contributed by atoms with Crippen molar-refractivity contribution in [2.75, 3.05) is 18.7 Å². The molecule has 152 valence electrons. The van der Waals surface area contributed by atoms with Crippen LogP contribution in [0.2, 0.25) is 0 Å². The first-order chi connectivity index (χ1) is 14.2. The third kappa shape index (κ3) is 3.55. The van der Waals surface area contributed by atoms with Crippen molar-refractivity contribution in [1.82, 2.24) is 15.1 Å². The number of nitrogens with zero attached hydrogens (tertiary/aromatic N) is 3. The van der Waals surface area contributed by atoms with Crippen LogP contribution in [0.25, 0.3) is 10.6 Å². The molecule has 3 heterocycles. The van der Waals surface area contributed by atoms with Gasteiger partial charge in [0.25, 0.3) is 0 Å². The molecule has 3 aliphatic rings. The van der Waals surface area contributed by atoms with Gasteiger partial charge in [-0.3, -0.25) is 14.9 Å². The van der Waals surface area contributed by atoms with Crippen LogP contribution >= 0.6 is 11.3 Å². The van der Waals surface area contributed by atoms with Crippen molar-refractivity contribution in [1.29, 1.82) is 0 Å². The monoisotopic (exact) mass is 414 g/mol. The molecule has 1 aromatic carbocycles. The van der Waals surface area contributed by atoms with E-state index in [9.17, 15) is 9.59 Å². The Morgan fingerprint density at radius 3 is 2.76 bits per heavy atom. The van der Waals surface area contributed by atoms with Gasteiger partial charge in [-0.15, -0.1) is 10.2 Å². The van der Waals surface area contributed by atoms with Crippen molar-refractivity contribution in [2.24, 2.45) is 5.92 Å². The van der Waals surface area contributed by atoms with Crippen molar-refractivity contribution in [3.05, 3.63) is 18.2 Å². The third-order valence-corrected chi connectivity index (χ3v) is 6.71. The Balaban J connectivity index is 1.27. The van der Waals surface area contributed by atoms with Crippen molar-refractivity contribution in [2.45, 2.75) is 44.6 Å². The molecule has 2 fully saturated rings. The van der Waals surface area contributed by atoms with E-state index in [0.29, 0.717) is 34.6 Å². The number of hydrogen-bond acceptors (Lipinski definition) is 7. The van der Waals surface area contributed by atoms with Gasteiger partial charge in [-0.25, -0.2) is 0 Å². The second-order valence-corrected chi connectivity index (χ2v) is 8.62. The number of nitrogens with one attached hydrogen (secondary N) is 1. The summed E-state index contributed by atoms with van der Waals surface area (Å²) in [7, 11) is 0. The summed E-state index contributed by atoms with van der Waals surface area (Å²) in [5.41, 5.74) is 0.853. The number of likely N-dealkylation sites (tertiary alicyclic amines) is 1. The number of anilines is 1. The van der Waals surface area contributed by atoms with Gasteiger partial charge in [0.1, 0.15) is 11.0 Å². The first-order valence-corrected chi connectivity index (χ1v) is 10.9. The summed E-state index contributed by atoms with van der Waals surface area (Å²) in [6.07, 6.45) is 5.65. The lowest BCUT2D eigenvalue weighted by molar-refractivity contribution is -0.140. The largest absolute Gasteiger partial charge is 0.454 e. The van der Waals surface area contributed by atoms with Gasteiger partial charge in [-0.2, -0.15) is 0 Å². The first-order valence-electron chi connectivity index (χ1n) is 10.0. The minimum Gasteiger partial charge on any atom is -0.454 e. The third-order valence-electron chi connectivity index (χ3n) is 5.82. The highest BCUT2D eigenvalue weighted by atomic mass is 32.1. The topological polar surface area (TPSA) is 93.7 Å². The summed E-state index contributed by atoms with van der Waals surface area (Å²) in [4.78, 5) is 27.4. The summed E-state index contributed by atoms with van der Waals surface area (Å²) < 4.78 is 10.7. The van der Waals surface area contributed by atoms with Crippen molar-refractivity contribution in [3.63, 3.8) is 0 Å². The van der Waals surface area contributed by atoms with Gasteiger partial charge < -0.3 is 14.4 Å². The maximum atomic E-state index is 12.8. The molecule has 1 aromatic heterocycles. The molecule has 9 heteroatoms. The SMILES string of the molecule is O=C(Nc1nnc(-c2ccc3c(c2)OCO3)s1)C1CCCN1C(=O)C1CCCC1. The molecule has 1 atom stereocenters. The molecule has 1 unspecified atom stereocenters. The van der Waals surface area contributed by atoms with Crippen molar-refractivity contribution < 1.29 is 19.1 Å². The minimum atomic E-state index is -0.416. The molecule has 5 rings (SSSR count). The molecule has 0 spiro atoms. The van der Waals surface area contributed by atoms with Crippen LogP contribution in [0, 0.1) is 5.92 Å². The molecule has 2 aromatic rings. The first kappa shape index (κ1) is 18.4. The number of ether oxygens (including phenoxy) is 2. The van der Waals surface area contributed by atoms with E-state index in [2.05, 4.69) is 15.5 Å². The van der Waals surface area contributed by atoms with E-state index < -0.39 is 6.04 Å². The van der Waals surface area contributed by atoms with Crippen LogP contribution in [0.4, 0.5) is 5.13 Å². The zero-order chi connectivity index (χ0) is 19.8. The lowest BCUT2D eigenvalue weighted by atomic mass is 10.1. The number of carbonyl (C=O) groups excluding carboxylic acids is 2. The van der Waals surface area contributed by atoms with Crippen LogP contribution in [0.3, 0.4) is 0 Å². The van der Waals surface area contributed by atoms with Gasteiger partial charge in [0.15, 0.2) is 11.5 Å².